The minimum atomic E-state index is 0.339. The molecule has 2 unspecified atom stereocenters. The summed E-state index contributed by atoms with van der Waals surface area (Å²) in [6, 6.07) is 6.09. The lowest BCUT2D eigenvalue weighted by Crippen LogP contribution is -2.41. The van der Waals surface area contributed by atoms with Crippen molar-refractivity contribution in [3.05, 3.63) is 28.8 Å². The number of likely N-dealkylation sites (N-methyl/N-ethyl adjacent to an activating group) is 1. The zero-order chi connectivity index (χ0) is 13.7. The number of aryl methyl sites for hydroxylation is 1. The minimum Gasteiger partial charge on any atom is -0.492 e. The van der Waals surface area contributed by atoms with Crippen LogP contribution in [0.5, 0.6) is 5.75 Å². The maximum atomic E-state index is 6.00. The summed E-state index contributed by atoms with van der Waals surface area (Å²) in [5, 5.41) is 4.20. The van der Waals surface area contributed by atoms with Gasteiger partial charge in [0, 0.05) is 23.6 Å². The molecule has 1 aromatic rings. The molecule has 0 aromatic heterocycles. The lowest BCUT2D eigenvalue weighted by molar-refractivity contribution is 0.160. The molecular weight excluding hydrogens is 262 g/mol. The van der Waals surface area contributed by atoms with E-state index in [0.29, 0.717) is 23.6 Å². The molecular formula is C15H22ClNO2. The van der Waals surface area contributed by atoms with Crippen molar-refractivity contribution in [3.8, 4) is 5.75 Å². The van der Waals surface area contributed by atoms with Gasteiger partial charge in [0.15, 0.2) is 0 Å². The molecule has 1 fully saturated rings. The van der Waals surface area contributed by atoms with Crippen molar-refractivity contribution in [2.24, 2.45) is 5.92 Å². The van der Waals surface area contributed by atoms with Gasteiger partial charge in [0.1, 0.15) is 12.4 Å². The molecule has 3 nitrogen and oxygen atoms in total. The summed E-state index contributed by atoms with van der Waals surface area (Å²) >= 11 is 6.00. The average Bonchev–Trinajstić information content (AvgIpc) is 2.92. The zero-order valence-corrected chi connectivity index (χ0v) is 12.4. The van der Waals surface area contributed by atoms with Crippen molar-refractivity contribution in [3.63, 3.8) is 0 Å². The average molecular weight is 284 g/mol. The van der Waals surface area contributed by atoms with Crippen LogP contribution in [-0.4, -0.2) is 32.4 Å². The highest BCUT2D eigenvalue weighted by Gasteiger charge is 2.25. The molecule has 2 rings (SSSR count). The summed E-state index contributed by atoms with van der Waals surface area (Å²) in [7, 11) is 0. The first kappa shape index (κ1) is 14.6. The molecule has 19 heavy (non-hydrogen) atoms. The second kappa shape index (κ2) is 7.13. The Balaban J connectivity index is 1.95. The van der Waals surface area contributed by atoms with Gasteiger partial charge in [-0.05, 0) is 37.6 Å². The summed E-state index contributed by atoms with van der Waals surface area (Å²) in [5.74, 6) is 1.41. The van der Waals surface area contributed by atoms with Crippen LogP contribution in [-0.2, 0) is 4.74 Å². The van der Waals surface area contributed by atoms with Crippen molar-refractivity contribution >= 4 is 11.6 Å². The van der Waals surface area contributed by atoms with Gasteiger partial charge in [-0.3, -0.25) is 0 Å². The number of halogens is 1. The van der Waals surface area contributed by atoms with Crippen molar-refractivity contribution in [1.82, 2.24) is 5.32 Å². The third kappa shape index (κ3) is 4.10. The molecule has 0 saturated carbocycles. The number of rotatable bonds is 6. The normalized spacial score (nSPS) is 20.5. The smallest absolute Gasteiger partial charge is 0.123 e. The summed E-state index contributed by atoms with van der Waals surface area (Å²) < 4.78 is 11.4. The van der Waals surface area contributed by atoms with Crippen LogP contribution in [0.1, 0.15) is 18.9 Å². The second-order valence-corrected chi connectivity index (χ2v) is 5.45. The molecule has 0 radical (unpaired) electrons. The van der Waals surface area contributed by atoms with Crippen LogP contribution in [0.25, 0.3) is 0 Å². The predicted octanol–water partition coefficient (Wildman–Crippen LogP) is 3.04. The summed E-state index contributed by atoms with van der Waals surface area (Å²) in [6.45, 7) is 7.44. The fourth-order valence-electron chi connectivity index (χ4n) is 2.40. The lowest BCUT2D eigenvalue weighted by Gasteiger charge is -2.24. The molecule has 1 aliphatic heterocycles. The van der Waals surface area contributed by atoms with Gasteiger partial charge >= 0.3 is 0 Å². The van der Waals surface area contributed by atoms with Crippen molar-refractivity contribution < 1.29 is 9.47 Å². The molecule has 0 amide bonds. The van der Waals surface area contributed by atoms with Crippen molar-refractivity contribution in [2.45, 2.75) is 26.3 Å². The number of hydrogen-bond donors (Lipinski definition) is 1. The molecule has 1 aromatic carbocycles. The third-order valence-corrected chi connectivity index (χ3v) is 3.80. The molecule has 1 aliphatic rings. The van der Waals surface area contributed by atoms with Crippen LogP contribution < -0.4 is 10.1 Å². The van der Waals surface area contributed by atoms with Gasteiger partial charge in [-0.2, -0.15) is 0 Å². The third-order valence-electron chi connectivity index (χ3n) is 3.57. The van der Waals surface area contributed by atoms with Crippen LogP contribution in [0.2, 0.25) is 5.02 Å². The Kier molecular flexibility index (Phi) is 5.49. The van der Waals surface area contributed by atoms with Gasteiger partial charge < -0.3 is 14.8 Å². The van der Waals surface area contributed by atoms with E-state index in [1.807, 2.05) is 25.1 Å². The Bertz CT molecular complexity index is 405. The van der Waals surface area contributed by atoms with Gasteiger partial charge in [-0.15, -0.1) is 0 Å². The zero-order valence-electron chi connectivity index (χ0n) is 11.6. The molecule has 1 saturated heterocycles. The highest BCUT2D eigenvalue weighted by molar-refractivity contribution is 6.30. The van der Waals surface area contributed by atoms with Crippen molar-refractivity contribution in [2.75, 3.05) is 26.4 Å². The van der Waals surface area contributed by atoms with E-state index in [1.165, 1.54) is 0 Å². The van der Waals surface area contributed by atoms with E-state index < -0.39 is 0 Å². The minimum absolute atomic E-state index is 0.339. The van der Waals surface area contributed by atoms with Gasteiger partial charge in [0.2, 0.25) is 0 Å². The first-order valence-electron chi connectivity index (χ1n) is 6.90. The van der Waals surface area contributed by atoms with E-state index in [9.17, 15) is 0 Å². The van der Waals surface area contributed by atoms with Gasteiger partial charge in [-0.25, -0.2) is 0 Å². The highest BCUT2D eigenvalue weighted by atomic mass is 35.5. The summed E-state index contributed by atoms with van der Waals surface area (Å²) in [5.41, 5.74) is 1.11. The molecule has 1 N–H and O–H groups in total. The topological polar surface area (TPSA) is 30.5 Å². The molecule has 0 aliphatic carbocycles. The standard InChI is InChI=1S/C15H22ClNO2/c1-3-17-14(12-6-7-18-9-12)10-19-15-8-13(16)5-4-11(15)2/h4-5,8,12,14,17H,3,6-7,9-10H2,1-2H3. The number of ether oxygens (including phenoxy) is 2. The summed E-state index contributed by atoms with van der Waals surface area (Å²) in [4.78, 5) is 0. The predicted molar refractivity (Wildman–Crippen MR) is 78.1 cm³/mol. The van der Waals surface area contributed by atoms with E-state index in [-0.39, 0.29) is 0 Å². The first-order chi connectivity index (χ1) is 9.20. The van der Waals surface area contributed by atoms with Crippen LogP contribution in [0.15, 0.2) is 18.2 Å². The van der Waals surface area contributed by atoms with Crippen LogP contribution in [0.4, 0.5) is 0 Å². The monoisotopic (exact) mass is 283 g/mol. The van der Waals surface area contributed by atoms with Crippen LogP contribution >= 0.6 is 11.6 Å². The van der Waals surface area contributed by atoms with Crippen LogP contribution in [0, 0.1) is 12.8 Å². The maximum Gasteiger partial charge on any atom is 0.123 e. The highest BCUT2D eigenvalue weighted by Crippen LogP contribution is 2.24. The first-order valence-corrected chi connectivity index (χ1v) is 7.28. The second-order valence-electron chi connectivity index (χ2n) is 5.01. The van der Waals surface area contributed by atoms with E-state index in [4.69, 9.17) is 21.1 Å². The van der Waals surface area contributed by atoms with Gasteiger partial charge in [0.25, 0.3) is 0 Å². The van der Waals surface area contributed by atoms with E-state index >= 15 is 0 Å². The number of hydrogen-bond acceptors (Lipinski definition) is 3. The van der Waals surface area contributed by atoms with E-state index in [0.717, 1.165) is 37.5 Å². The largest absolute Gasteiger partial charge is 0.492 e. The Labute approximate surface area is 120 Å². The van der Waals surface area contributed by atoms with E-state index in [2.05, 4.69) is 12.2 Å². The Morgan fingerprint density at radius 2 is 2.37 bits per heavy atom. The van der Waals surface area contributed by atoms with Crippen LogP contribution in [0.3, 0.4) is 0 Å². The number of nitrogens with one attached hydrogen (secondary N) is 1. The molecule has 1 heterocycles. The fraction of sp³-hybridized carbons (Fsp3) is 0.600. The Morgan fingerprint density at radius 3 is 3.05 bits per heavy atom. The summed E-state index contributed by atoms with van der Waals surface area (Å²) in [6.07, 6.45) is 1.11. The van der Waals surface area contributed by atoms with Crippen molar-refractivity contribution in [1.29, 1.82) is 0 Å². The quantitative estimate of drug-likeness (QED) is 0.870. The van der Waals surface area contributed by atoms with E-state index in [1.54, 1.807) is 0 Å². The maximum absolute atomic E-state index is 6.00. The SMILES string of the molecule is CCNC(COc1cc(Cl)ccc1C)C1CCOC1. The molecule has 0 bridgehead atoms. The lowest BCUT2D eigenvalue weighted by atomic mass is 10.00. The Hall–Kier alpha value is -0.770. The van der Waals surface area contributed by atoms with Gasteiger partial charge in [0.05, 0.1) is 6.61 Å². The molecule has 0 spiro atoms. The van der Waals surface area contributed by atoms with Gasteiger partial charge in [-0.1, -0.05) is 24.6 Å². The molecule has 4 heteroatoms. The fourth-order valence-corrected chi connectivity index (χ4v) is 2.57. The molecule has 106 valence electrons. The number of benzene rings is 1. The molecule has 2 atom stereocenters. The Morgan fingerprint density at radius 1 is 1.53 bits per heavy atom.